The second kappa shape index (κ2) is 14.3. The van der Waals surface area contributed by atoms with E-state index in [9.17, 15) is 24.3 Å². The van der Waals surface area contributed by atoms with Gasteiger partial charge in [0.2, 0.25) is 5.91 Å². The Balaban J connectivity index is 1.80. The van der Waals surface area contributed by atoms with E-state index in [1.54, 1.807) is 59.3 Å². The molecule has 0 bridgehead atoms. The number of pyridine rings is 1. The molecule has 3 aromatic rings. The fourth-order valence-electron chi connectivity index (χ4n) is 4.46. The average Bonchev–Trinajstić information content (AvgIpc) is 3.33. The first-order valence-electron chi connectivity index (χ1n) is 14.4. The zero-order valence-corrected chi connectivity index (χ0v) is 26.0. The van der Waals surface area contributed by atoms with Crippen LogP contribution in [-0.4, -0.2) is 68.1 Å². The molecule has 0 saturated heterocycles. The highest BCUT2D eigenvalue weighted by Crippen LogP contribution is 2.27. The molecule has 0 aliphatic heterocycles. The Morgan fingerprint density at radius 1 is 1.16 bits per heavy atom. The number of fused-ring (bicyclic) bond motifs is 1. The van der Waals surface area contributed by atoms with E-state index in [0.717, 1.165) is 5.52 Å². The lowest BCUT2D eigenvalue weighted by molar-refractivity contribution is -0.123. The summed E-state index contributed by atoms with van der Waals surface area (Å²) in [6, 6.07) is 7.90. The van der Waals surface area contributed by atoms with Crippen molar-refractivity contribution < 1.29 is 24.2 Å². The predicted molar refractivity (Wildman–Crippen MR) is 165 cm³/mol. The van der Waals surface area contributed by atoms with Gasteiger partial charge in [0.05, 0.1) is 29.7 Å². The van der Waals surface area contributed by atoms with Gasteiger partial charge in [-0.2, -0.15) is 0 Å². The molecule has 2 atom stereocenters. The van der Waals surface area contributed by atoms with E-state index < -0.39 is 23.8 Å². The summed E-state index contributed by atoms with van der Waals surface area (Å²) < 4.78 is 6.80. The Kier molecular flexibility index (Phi) is 11.0. The molecule has 0 radical (unpaired) electrons. The van der Waals surface area contributed by atoms with E-state index >= 15 is 0 Å². The van der Waals surface area contributed by atoms with Crippen molar-refractivity contribution in [1.82, 2.24) is 24.8 Å². The Morgan fingerprint density at radius 2 is 1.88 bits per heavy atom. The van der Waals surface area contributed by atoms with Gasteiger partial charge < -0.3 is 29.6 Å². The third-order valence-corrected chi connectivity index (χ3v) is 6.73. The van der Waals surface area contributed by atoms with Gasteiger partial charge in [-0.25, -0.2) is 9.78 Å². The lowest BCUT2D eigenvalue weighted by atomic mass is 9.98. The molecule has 0 spiro atoms. The summed E-state index contributed by atoms with van der Waals surface area (Å²) in [4.78, 5) is 60.4. The maximum atomic E-state index is 13.4. The minimum Gasteiger partial charge on any atom is -0.444 e. The van der Waals surface area contributed by atoms with E-state index in [0.29, 0.717) is 23.3 Å². The molecule has 11 nitrogen and oxygen atoms in total. The Labute approximate surface area is 252 Å². The standard InChI is InChI=1S/C32H43N5O6/c1-20(2)29(40)22-13-10-15-24-28(22)35-26(33-24)19-37-17-11-12-21(30(37)41)18-25(38)23(34-31(42)43-32(3,4)5)14-8-9-16-27(39)36(6)7/h9-13,15-17,20,23,29,40H,8,14,18-19H2,1-7H3,(H,33,35)(H,34,42)/b16-9+/t23-,29?/m0/s1. The molecule has 2 aromatic heterocycles. The number of ether oxygens (including phenoxy) is 1. The van der Waals surface area contributed by atoms with Gasteiger partial charge in [-0.15, -0.1) is 0 Å². The molecule has 11 heteroatoms. The SMILES string of the molecule is CC(C)C(O)c1cccc2[nH]c(Cn3cccc(CC(=O)[C@H](CC/C=C/C(=O)N(C)C)NC(=O)OC(C)(C)C)c3=O)nc12. The second-order valence-electron chi connectivity index (χ2n) is 12.1. The van der Waals surface area contributed by atoms with Crippen LogP contribution in [0.1, 0.15) is 70.5 Å². The monoisotopic (exact) mass is 593 g/mol. The number of carbonyl (C=O) groups excluding carboxylic acids is 3. The van der Waals surface area contributed by atoms with E-state index in [1.165, 1.54) is 15.5 Å². The molecule has 0 saturated carbocycles. The topological polar surface area (TPSA) is 147 Å². The summed E-state index contributed by atoms with van der Waals surface area (Å²) in [5.74, 6) is -0.00557. The number of hydrogen-bond donors (Lipinski definition) is 3. The number of benzene rings is 1. The van der Waals surface area contributed by atoms with Crippen LogP contribution in [0.4, 0.5) is 4.79 Å². The van der Waals surface area contributed by atoms with E-state index in [-0.39, 0.29) is 48.1 Å². The lowest BCUT2D eigenvalue weighted by Crippen LogP contribution is -2.44. The van der Waals surface area contributed by atoms with Crippen molar-refractivity contribution in [2.24, 2.45) is 5.92 Å². The van der Waals surface area contributed by atoms with Gasteiger partial charge in [0.15, 0.2) is 5.78 Å². The number of ketones is 1. The number of nitrogens with one attached hydrogen (secondary N) is 2. The molecule has 2 heterocycles. The molecule has 0 aliphatic carbocycles. The molecule has 3 rings (SSSR count). The first kappa shape index (κ1) is 33.3. The summed E-state index contributed by atoms with van der Waals surface area (Å²) in [5, 5.41) is 13.3. The number of para-hydroxylation sites is 1. The number of likely N-dealkylation sites (N-methyl/N-ethyl adjacent to an activating group) is 1. The van der Waals surface area contributed by atoms with Crippen LogP contribution in [0.3, 0.4) is 0 Å². The number of amides is 2. The largest absolute Gasteiger partial charge is 0.444 e. The second-order valence-corrected chi connectivity index (χ2v) is 12.1. The molecule has 0 fully saturated rings. The zero-order chi connectivity index (χ0) is 31.9. The molecule has 2 amide bonds. The van der Waals surface area contributed by atoms with Crippen molar-refractivity contribution in [3.05, 3.63) is 76.0 Å². The molecule has 232 valence electrons. The molecule has 1 aromatic carbocycles. The number of rotatable bonds is 12. The number of aliphatic hydroxyl groups excluding tert-OH is 1. The zero-order valence-electron chi connectivity index (χ0n) is 26.0. The van der Waals surface area contributed by atoms with Gasteiger partial charge in [-0.05, 0) is 57.7 Å². The fourth-order valence-corrected chi connectivity index (χ4v) is 4.46. The smallest absolute Gasteiger partial charge is 0.408 e. The number of hydrogen-bond acceptors (Lipinski definition) is 7. The predicted octanol–water partition coefficient (Wildman–Crippen LogP) is 3.89. The third-order valence-electron chi connectivity index (χ3n) is 6.73. The molecule has 1 unspecified atom stereocenters. The number of alkyl carbamates (subject to hydrolysis) is 1. The Hall–Kier alpha value is -4.25. The van der Waals surface area contributed by atoms with Crippen molar-refractivity contribution in [2.45, 2.75) is 78.2 Å². The molecule has 0 aliphatic rings. The van der Waals surface area contributed by atoms with E-state index in [1.807, 2.05) is 32.0 Å². The van der Waals surface area contributed by atoms with Crippen molar-refractivity contribution in [1.29, 1.82) is 0 Å². The number of aromatic amines is 1. The normalized spacial score (nSPS) is 13.3. The molecular weight excluding hydrogens is 550 g/mol. The third kappa shape index (κ3) is 9.37. The van der Waals surface area contributed by atoms with Gasteiger partial charge in [0, 0.05) is 37.8 Å². The first-order valence-corrected chi connectivity index (χ1v) is 14.4. The van der Waals surface area contributed by atoms with Crippen LogP contribution in [0.25, 0.3) is 11.0 Å². The van der Waals surface area contributed by atoms with Gasteiger partial charge in [0.1, 0.15) is 11.4 Å². The summed E-state index contributed by atoms with van der Waals surface area (Å²) in [5.41, 5.74) is 1.28. The maximum Gasteiger partial charge on any atom is 0.408 e. The first-order chi connectivity index (χ1) is 20.2. The number of H-pyrrole nitrogens is 1. The van der Waals surface area contributed by atoms with Crippen LogP contribution in [0.5, 0.6) is 0 Å². The van der Waals surface area contributed by atoms with E-state index in [4.69, 9.17) is 4.74 Å². The van der Waals surface area contributed by atoms with Gasteiger partial charge in [-0.3, -0.25) is 14.4 Å². The number of allylic oxidation sites excluding steroid dienone is 1. The van der Waals surface area contributed by atoms with Crippen LogP contribution in [0, 0.1) is 5.92 Å². The minimum atomic E-state index is -0.928. The number of aromatic nitrogens is 3. The Bertz CT molecular complexity index is 1530. The lowest BCUT2D eigenvalue weighted by Gasteiger charge is -2.23. The van der Waals surface area contributed by atoms with E-state index in [2.05, 4.69) is 15.3 Å². The van der Waals surface area contributed by atoms with Crippen LogP contribution in [0.2, 0.25) is 0 Å². The highest BCUT2D eigenvalue weighted by atomic mass is 16.6. The van der Waals surface area contributed by atoms with Gasteiger partial charge >= 0.3 is 6.09 Å². The molecule has 43 heavy (non-hydrogen) atoms. The number of Topliss-reactive ketones (excluding diaryl/α,β-unsaturated/α-hetero) is 1. The summed E-state index contributed by atoms with van der Waals surface area (Å²) >= 11 is 0. The number of imidazole rings is 1. The highest BCUT2D eigenvalue weighted by molar-refractivity contribution is 5.89. The number of nitrogens with zero attached hydrogens (tertiary/aromatic N) is 3. The number of aliphatic hydroxyl groups is 1. The Morgan fingerprint density at radius 3 is 2.53 bits per heavy atom. The quantitative estimate of drug-likeness (QED) is 0.270. The van der Waals surface area contributed by atoms with Crippen LogP contribution in [0.15, 0.2) is 53.5 Å². The summed E-state index contributed by atoms with van der Waals surface area (Å²) in [6.07, 6.45) is 3.63. The minimum absolute atomic E-state index is 0.00720. The van der Waals surface area contributed by atoms with Crippen molar-refractivity contribution >= 4 is 28.8 Å². The summed E-state index contributed by atoms with van der Waals surface area (Å²) in [6.45, 7) is 9.17. The van der Waals surface area contributed by atoms with Crippen LogP contribution < -0.4 is 10.9 Å². The molecular formula is C32H43N5O6. The molecule has 3 N–H and O–H groups in total. The van der Waals surface area contributed by atoms with Gasteiger partial charge in [-0.1, -0.05) is 38.1 Å². The highest BCUT2D eigenvalue weighted by Gasteiger charge is 2.25. The fraction of sp³-hybridized carbons (Fsp3) is 0.469. The summed E-state index contributed by atoms with van der Waals surface area (Å²) in [7, 11) is 3.27. The van der Waals surface area contributed by atoms with Crippen molar-refractivity contribution in [3.8, 4) is 0 Å². The maximum absolute atomic E-state index is 13.4. The average molecular weight is 594 g/mol. The number of carbonyl (C=O) groups is 3. The van der Waals surface area contributed by atoms with Gasteiger partial charge in [0.25, 0.3) is 5.56 Å². The van der Waals surface area contributed by atoms with Crippen LogP contribution in [-0.2, 0) is 27.3 Å². The van der Waals surface area contributed by atoms with Crippen LogP contribution >= 0.6 is 0 Å². The van der Waals surface area contributed by atoms with Crippen molar-refractivity contribution in [2.75, 3.05) is 14.1 Å². The van der Waals surface area contributed by atoms with Crippen molar-refractivity contribution in [3.63, 3.8) is 0 Å².